The van der Waals surface area contributed by atoms with Crippen LogP contribution in [0.5, 0.6) is 0 Å². The predicted octanol–water partition coefficient (Wildman–Crippen LogP) is 2.75. The van der Waals surface area contributed by atoms with E-state index < -0.39 is 0 Å². The first-order valence-electron chi connectivity index (χ1n) is 6.41. The minimum Gasteiger partial charge on any atom is -0.330 e. The third-order valence-electron chi connectivity index (χ3n) is 3.56. The Bertz CT molecular complexity index is 556. The third kappa shape index (κ3) is 2.18. The Morgan fingerprint density at radius 2 is 2.17 bits per heavy atom. The Kier molecular flexibility index (Phi) is 3.53. The third-order valence-corrected chi connectivity index (χ3v) is 3.56. The summed E-state index contributed by atoms with van der Waals surface area (Å²) in [5.41, 5.74) is 8.06. The average molecular weight is 243 g/mol. The highest BCUT2D eigenvalue weighted by Gasteiger charge is 2.22. The average Bonchev–Trinajstić information content (AvgIpc) is 2.77. The normalized spacial score (nSPS) is 14.6. The fraction of sp³-hybridized carbons (Fsp3) is 0.400. The van der Waals surface area contributed by atoms with Crippen LogP contribution in [0.2, 0.25) is 0 Å². The van der Waals surface area contributed by atoms with Crippen LogP contribution in [0.1, 0.15) is 19.5 Å². The fourth-order valence-corrected chi connectivity index (χ4v) is 2.18. The van der Waals surface area contributed by atoms with Crippen molar-refractivity contribution in [2.45, 2.75) is 26.8 Å². The van der Waals surface area contributed by atoms with Crippen molar-refractivity contribution in [1.82, 2.24) is 9.78 Å². The highest BCUT2D eigenvalue weighted by Crippen LogP contribution is 2.27. The molecule has 0 fully saturated rings. The van der Waals surface area contributed by atoms with Gasteiger partial charge in [0, 0.05) is 30.3 Å². The zero-order valence-corrected chi connectivity index (χ0v) is 11.2. The number of nitrogens with zero attached hydrogens (tertiary/aromatic N) is 2. The Morgan fingerprint density at radius 3 is 2.78 bits per heavy atom. The van der Waals surface area contributed by atoms with Gasteiger partial charge in [0.15, 0.2) is 0 Å². The Balaban J connectivity index is 2.48. The lowest BCUT2D eigenvalue weighted by molar-refractivity contribution is 0.432. The van der Waals surface area contributed by atoms with Crippen molar-refractivity contribution in [3.63, 3.8) is 0 Å². The van der Waals surface area contributed by atoms with E-state index in [4.69, 9.17) is 10.8 Å². The lowest BCUT2D eigenvalue weighted by atomic mass is 9.85. The second-order valence-electron chi connectivity index (χ2n) is 5.02. The van der Waals surface area contributed by atoms with E-state index in [1.165, 1.54) is 10.9 Å². The van der Waals surface area contributed by atoms with Crippen LogP contribution in [-0.2, 0) is 13.0 Å². The summed E-state index contributed by atoms with van der Waals surface area (Å²) >= 11 is 0. The van der Waals surface area contributed by atoms with Gasteiger partial charge in [0.2, 0.25) is 0 Å². The second-order valence-corrected chi connectivity index (χ2v) is 5.02. The molecule has 0 aliphatic rings. The molecular formula is C15H21N3. The molecule has 3 heteroatoms. The van der Waals surface area contributed by atoms with Gasteiger partial charge in [0.1, 0.15) is 0 Å². The van der Waals surface area contributed by atoms with Crippen molar-refractivity contribution in [3.05, 3.63) is 42.6 Å². The molecule has 18 heavy (non-hydrogen) atoms. The molecule has 1 unspecified atom stereocenters. The quantitative estimate of drug-likeness (QED) is 0.821. The number of benzene rings is 1. The van der Waals surface area contributed by atoms with Crippen LogP contribution in [0.15, 0.2) is 36.9 Å². The van der Waals surface area contributed by atoms with Gasteiger partial charge >= 0.3 is 0 Å². The maximum absolute atomic E-state index is 5.84. The molecule has 0 radical (unpaired) electrons. The van der Waals surface area contributed by atoms with E-state index in [0.29, 0.717) is 6.54 Å². The van der Waals surface area contributed by atoms with E-state index in [1.54, 1.807) is 0 Å². The van der Waals surface area contributed by atoms with Crippen LogP contribution in [0.4, 0.5) is 0 Å². The van der Waals surface area contributed by atoms with E-state index in [-0.39, 0.29) is 5.41 Å². The molecule has 2 aromatic rings. The monoisotopic (exact) mass is 243 g/mol. The number of hydrogen-bond donors (Lipinski definition) is 1. The highest BCUT2D eigenvalue weighted by atomic mass is 15.3. The summed E-state index contributed by atoms with van der Waals surface area (Å²) in [5, 5.41) is 5.93. The van der Waals surface area contributed by atoms with Crippen molar-refractivity contribution in [2.75, 3.05) is 6.54 Å². The van der Waals surface area contributed by atoms with Crippen molar-refractivity contribution in [1.29, 1.82) is 0 Å². The van der Waals surface area contributed by atoms with Crippen molar-refractivity contribution >= 4 is 10.9 Å². The first-order valence-corrected chi connectivity index (χ1v) is 6.41. The van der Waals surface area contributed by atoms with Crippen LogP contribution >= 0.6 is 0 Å². The molecule has 1 aromatic heterocycles. The van der Waals surface area contributed by atoms with Crippen LogP contribution < -0.4 is 5.73 Å². The van der Waals surface area contributed by atoms with Gasteiger partial charge in [-0.2, -0.15) is 5.10 Å². The standard InChI is InChI=1S/C15H21N3/c1-4-15(3,11-16)10-13-12-8-6-7-9-14(12)18(5-2)17-13/h4,6-9H,1,5,10-11,16H2,2-3H3. The molecule has 0 spiro atoms. The molecule has 0 aliphatic heterocycles. The van der Waals surface area contributed by atoms with Gasteiger partial charge in [0.05, 0.1) is 11.2 Å². The van der Waals surface area contributed by atoms with Gasteiger partial charge < -0.3 is 5.73 Å². The summed E-state index contributed by atoms with van der Waals surface area (Å²) in [7, 11) is 0. The summed E-state index contributed by atoms with van der Waals surface area (Å²) in [4.78, 5) is 0. The molecule has 0 saturated carbocycles. The van der Waals surface area contributed by atoms with E-state index in [0.717, 1.165) is 18.7 Å². The van der Waals surface area contributed by atoms with Crippen LogP contribution in [0.25, 0.3) is 10.9 Å². The highest BCUT2D eigenvalue weighted by molar-refractivity contribution is 5.82. The van der Waals surface area contributed by atoms with Gasteiger partial charge in [-0.1, -0.05) is 31.2 Å². The van der Waals surface area contributed by atoms with Gasteiger partial charge in [-0.15, -0.1) is 6.58 Å². The smallest absolute Gasteiger partial charge is 0.0712 e. The van der Waals surface area contributed by atoms with Crippen LogP contribution in [-0.4, -0.2) is 16.3 Å². The van der Waals surface area contributed by atoms with E-state index in [1.807, 2.05) is 10.8 Å². The molecule has 2 N–H and O–H groups in total. The number of aromatic nitrogens is 2. The van der Waals surface area contributed by atoms with Gasteiger partial charge in [-0.25, -0.2) is 0 Å². The summed E-state index contributed by atoms with van der Waals surface area (Å²) in [6, 6.07) is 8.35. The van der Waals surface area contributed by atoms with Crippen LogP contribution in [0, 0.1) is 5.41 Å². The largest absolute Gasteiger partial charge is 0.330 e. The molecule has 0 bridgehead atoms. The summed E-state index contributed by atoms with van der Waals surface area (Å²) in [5.74, 6) is 0. The topological polar surface area (TPSA) is 43.8 Å². The SMILES string of the molecule is C=CC(C)(CN)Cc1nn(CC)c2ccccc12. The van der Waals surface area contributed by atoms with Gasteiger partial charge in [-0.3, -0.25) is 4.68 Å². The number of nitrogens with two attached hydrogens (primary N) is 1. The van der Waals surface area contributed by atoms with Gasteiger partial charge in [-0.05, 0) is 13.0 Å². The van der Waals surface area contributed by atoms with Crippen molar-refractivity contribution < 1.29 is 0 Å². The molecule has 0 saturated heterocycles. The fourth-order valence-electron chi connectivity index (χ4n) is 2.18. The molecule has 96 valence electrons. The summed E-state index contributed by atoms with van der Waals surface area (Å²) < 4.78 is 2.05. The summed E-state index contributed by atoms with van der Waals surface area (Å²) in [6.45, 7) is 9.60. The molecule has 1 heterocycles. The lowest BCUT2D eigenvalue weighted by Gasteiger charge is -2.22. The van der Waals surface area contributed by atoms with E-state index in [2.05, 4.69) is 44.7 Å². The Morgan fingerprint density at radius 1 is 1.44 bits per heavy atom. The molecule has 1 atom stereocenters. The molecule has 1 aromatic carbocycles. The lowest BCUT2D eigenvalue weighted by Crippen LogP contribution is -2.27. The Hall–Kier alpha value is -1.61. The molecule has 0 aliphatic carbocycles. The van der Waals surface area contributed by atoms with E-state index in [9.17, 15) is 0 Å². The maximum Gasteiger partial charge on any atom is 0.0712 e. The number of rotatable bonds is 5. The van der Waals surface area contributed by atoms with Crippen molar-refractivity contribution in [3.8, 4) is 0 Å². The second kappa shape index (κ2) is 4.94. The minimum atomic E-state index is -0.0876. The molecule has 0 amide bonds. The number of hydrogen-bond acceptors (Lipinski definition) is 2. The minimum absolute atomic E-state index is 0.0876. The molecule has 3 nitrogen and oxygen atoms in total. The Labute approximate surface area is 108 Å². The first-order chi connectivity index (χ1) is 8.63. The zero-order valence-electron chi connectivity index (χ0n) is 11.2. The van der Waals surface area contributed by atoms with Crippen molar-refractivity contribution in [2.24, 2.45) is 11.1 Å². The molecule has 2 rings (SSSR count). The summed E-state index contributed by atoms with van der Waals surface area (Å²) in [6.07, 6.45) is 2.77. The van der Waals surface area contributed by atoms with E-state index >= 15 is 0 Å². The molecular weight excluding hydrogens is 222 g/mol. The first kappa shape index (κ1) is 12.8. The number of para-hydroxylation sites is 1. The van der Waals surface area contributed by atoms with Gasteiger partial charge in [0.25, 0.3) is 0 Å². The zero-order chi connectivity index (χ0) is 13.2. The number of fused-ring (bicyclic) bond motifs is 1. The predicted molar refractivity (Wildman–Crippen MR) is 76.5 cm³/mol. The maximum atomic E-state index is 5.84. The number of aryl methyl sites for hydroxylation is 1. The van der Waals surface area contributed by atoms with Crippen LogP contribution in [0.3, 0.4) is 0 Å².